The molecule has 1 amide bonds. The van der Waals surface area contributed by atoms with Crippen LogP contribution in [0, 0.1) is 13.8 Å². The van der Waals surface area contributed by atoms with Crippen molar-refractivity contribution in [2.75, 3.05) is 11.9 Å². The van der Waals surface area contributed by atoms with Crippen LogP contribution in [0.2, 0.25) is 0 Å². The highest BCUT2D eigenvalue weighted by Crippen LogP contribution is 2.30. The van der Waals surface area contributed by atoms with Crippen molar-refractivity contribution in [1.82, 2.24) is 9.78 Å². The lowest BCUT2D eigenvalue weighted by Gasteiger charge is -2.22. The number of nitrogens with zero attached hydrogens (tertiary/aromatic N) is 2. The molecule has 0 aliphatic carbocycles. The highest BCUT2D eigenvalue weighted by Gasteiger charge is 2.22. The summed E-state index contributed by atoms with van der Waals surface area (Å²) in [6.07, 6.45) is -0.951. The standard InChI is InChI=1S/C21H29N3O4/c1-13-19(14(2)24(7)23-13)22-20(26)15(3)28-18(25)12-27-17-11-9-8-10-16(17)21(4,5)6/h8-11,15H,12H2,1-7H3,(H,22,26)/t15-/m0/s1. The summed E-state index contributed by atoms with van der Waals surface area (Å²) in [7, 11) is 1.80. The first-order chi connectivity index (χ1) is 13.0. The fraction of sp³-hybridized carbons (Fsp3) is 0.476. The van der Waals surface area contributed by atoms with Crippen LogP contribution in [0.3, 0.4) is 0 Å². The topological polar surface area (TPSA) is 82.5 Å². The molecule has 0 aliphatic rings. The van der Waals surface area contributed by atoms with Gasteiger partial charge in [0.1, 0.15) is 5.75 Å². The predicted octanol–water partition coefficient (Wildman–Crippen LogP) is 3.28. The first kappa shape index (κ1) is 21.5. The first-order valence-electron chi connectivity index (χ1n) is 9.23. The van der Waals surface area contributed by atoms with E-state index in [0.717, 1.165) is 11.3 Å². The number of esters is 1. The SMILES string of the molecule is Cc1nn(C)c(C)c1NC(=O)[C@H](C)OC(=O)COc1ccccc1C(C)(C)C. The minimum absolute atomic E-state index is 0.118. The number of anilines is 1. The third-order valence-electron chi connectivity index (χ3n) is 4.48. The third kappa shape index (κ3) is 5.12. The lowest BCUT2D eigenvalue weighted by atomic mass is 9.86. The molecular weight excluding hydrogens is 358 g/mol. The van der Waals surface area contributed by atoms with E-state index in [0.29, 0.717) is 17.1 Å². The fourth-order valence-corrected chi connectivity index (χ4v) is 2.81. The Morgan fingerprint density at radius 3 is 2.43 bits per heavy atom. The molecule has 152 valence electrons. The van der Waals surface area contributed by atoms with E-state index in [1.54, 1.807) is 18.7 Å². The highest BCUT2D eigenvalue weighted by molar-refractivity contribution is 5.96. The predicted molar refractivity (Wildman–Crippen MR) is 108 cm³/mol. The van der Waals surface area contributed by atoms with Crippen LogP contribution in [0.1, 0.15) is 44.6 Å². The number of rotatable bonds is 6. The lowest BCUT2D eigenvalue weighted by Crippen LogP contribution is -2.32. The molecule has 1 aromatic heterocycles. The largest absolute Gasteiger partial charge is 0.482 e. The summed E-state index contributed by atoms with van der Waals surface area (Å²) in [5.41, 5.74) is 3.04. The van der Waals surface area contributed by atoms with Crippen molar-refractivity contribution in [3.63, 3.8) is 0 Å². The zero-order chi connectivity index (χ0) is 21.1. The number of para-hydroxylation sites is 1. The van der Waals surface area contributed by atoms with Gasteiger partial charge >= 0.3 is 5.97 Å². The van der Waals surface area contributed by atoms with Gasteiger partial charge in [0.05, 0.1) is 17.1 Å². The Bertz CT molecular complexity index is 865. The Kier molecular flexibility index (Phi) is 6.48. The molecule has 28 heavy (non-hydrogen) atoms. The Morgan fingerprint density at radius 1 is 1.21 bits per heavy atom. The summed E-state index contributed by atoms with van der Waals surface area (Å²) < 4.78 is 12.5. The maximum atomic E-state index is 12.4. The molecule has 0 unspecified atom stereocenters. The van der Waals surface area contributed by atoms with Crippen LogP contribution in [0.15, 0.2) is 24.3 Å². The van der Waals surface area contributed by atoms with Crippen LogP contribution in [-0.2, 0) is 26.8 Å². The molecule has 7 heteroatoms. The van der Waals surface area contributed by atoms with Crippen molar-refractivity contribution in [2.24, 2.45) is 7.05 Å². The number of nitrogens with one attached hydrogen (secondary N) is 1. The number of aromatic nitrogens is 2. The Hall–Kier alpha value is -2.83. The fourth-order valence-electron chi connectivity index (χ4n) is 2.81. The second-order valence-corrected chi connectivity index (χ2v) is 7.83. The summed E-state index contributed by atoms with van der Waals surface area (Å²) in [5, 5.41) is 7.02. The van der Waals surface area contributed by atoms with Gasteiger partial charge in [-0.1, -0.05) is 39.0 Å². The monoisotopic (exact) mass is 387 g/mol. The van der Waals surface area contributed by atoms with E-state index in [4.69, 9.17) is 9.47 Å². The minimum Gasteiger partial charge on any atom is -0.482 e. The summed E-state index contributed by atoms with van der Waals surface area (Å²) in [6.45, 7) is 11.1. The second-order valence-electron chi connectivity index (χ2n) is 7.83. The molecule has 1 atom stereocenters. The Morgan fingerprint density at radius 2 is 1.86 bits per heavy atom. The number of carbonyl (C=O) groups excluding carboxylic acids is 2. The number of carbonyl (C=O) groups is 2. The molecule has 0 radical (unpaired) electrons. The van der Waals surface area contributed by atoms with Gasteiger partial charge in [0.15, 0.2) is 12.7 Å². The molecule has 0 saturated heterocycles. The molecule has 2 aromatic rings. The lowest BCUT2D eigenvalue weighted by molar-refractivity contribution is -0.155. The van der Waals surface area contributed by atoms with Gasteiger partial charge < -0.3 is 14.8 Å². The summed E-state index contributed by atoms with van der Waals surface area (Å²) in [5.74, 6) is -0.390. The molecule has 7 nitrogen and oxygen atoms in total. The normalized spacial score (nSPS) is 12.4. The molecule has 0 saturated carbocycles. The minimum atomic E-state index is -0.951. The van der Waals surface area contributed by atoms with Crippen molar-refractivity contribution in [3.05, 3.63) is 41.2 Å². The van der Waals surface area contributed by atoms with Crippen molar-refractivity contribution >= 4 is 17.6 Å². The van der Waals surface area contributed by atoms with Crippen molar-refractivity contribution in [2.45, 2.75) is 53.1 Å². The molecule has 1 heterocycles. The van der Waals surface area contributed by atoms with Gasteiger partial charge in [-0.25, -0.2) is 4.79 Å². The average molecular weight is 387 g/mol. The van der Waals surface area contributed by atoms with Gasteiger partial charge in [0.2, 0.25) is 0 Å². The molecule has 2 rings (SSSR count). The van der Waals surface area contributed by atoms with E-state index in [1.807, 2.05) is 31.2 Å². The third-order valence-corrected chi connectivity index (χ3v) is 4.48. The van der Waals surface area contributed by atoms with Crippen LogP contribution < -0.4 is 10.1 Å². The van der Waals surface area contributed by atoms with Crippen molar-refractivity contribution < 1.29 is 19.1 Å². The van der Waals surface area contributed by atoms with Gasteiger partial charge in [-0.15, -0.1) is 0 Å². The van der Waals surface area contributed by atoms with Gasteiger partial charge in [-0.05, 0) is 37.8 Å². The number of hydrogen-bond acceptors (Lipinski definition) is 5. The molecule has 1 N–H and O–H groups in total. The van der Waals surface area contributed by atoms with Crippen molar-refractivity contribution in [3.8, 4) is 5.75 Å². The summed E-state index contributed by atoms with van der Waals surface area (Å²) in [4.78, 5) is 24.5. The van der Waals surface area contributed by atoms with Gasteiger partial charge in [-0.3, -0.25) is 9.48 Å². The van der Waals surface area contributed by atoms with Crippen LogP contribution in [0.5, 0.6) is 5.75 Å². The van der Waals surface area contributed by atoms with Crippen LogP contribution in [0.4, 0.5) is 5.69 Å². The molecule has 1 aromatic carbocycles. The highest BCUT2D eigenvalue weighted by atomic mass is 16.6. The quantitative estimate of drug-likeness (QED) is 0.769. The first-order valence-corrected chi connectivity index (χ1v) is 9.23. The van der Waals surface area contributed by atoms with Crippen LogP contribution in [0.25, 0.3) is 0 Å². The number of hydrogen-bond donors (Lipinski definition) is 1. The van der Waals surface area contributed by atoms with E-state index >= 15 is 0 Å². The van der Waals surface area contributed by atoms with Gasteiger partial charge in [0.25, 0.3) is 5.91 Å². The van der Waals surface area contributed by atoms with Crippen LogP contribution >= 0.6 is 0 Å². The van der Waals surface area contributed by atoms with Gasteiger partial charge in [-0.2, -0.15) is 5.10 Å². The molecule has 0 aliphatic heterocycles. The zero-order valence-corrected chi connectivity index (χ0v) is 17.6. The van der Waals surface area contributed by atoms with Gasteiger partial charge in [0, 0.05) is 7.05 Å². The Balaban J connectivity index is 1.93. The summed E-state index contributed by atoms with van der Waals surface area (Å²) >= 11 is 0. The molecule has 0 fully saturated rings. The van der Waals surface area contributed by atoms with Crippen LogP contribution in [-0.4, -0.2) is 34.4 Å². The maximum absolute atomic E-state index is 12.4. The second kappa shape index (κ2) is 8.46. The van der Waals surface area contributed by atoms with E-state index in [2.05, 4.69) is 31.2 Å². The molecule has 0 spiro atoms. The van der Waals surface area contributed by atoms with E-state index in [9.17, 15) is 9.59 Å². The molecular formula is C21H29N3O4. The molecule has 0 bridgehead atoms. The summed E-state index contributed by atoms with van der Waals surface area (Å²) in [6, 6.07) is 7.57. The number of benzene rings is 1. The number of amides is 1. The number of aryl methyl sites for hydroxylation is 2. The smallest absolute Gasteiger partial charge is 0.344 e. The van der Waals surface area contributed by atoms with Crippen molar-refractivity contribution in [1.29, 1.82) is 0 Å². The van der Waals surface area contributed by atoms with E-state index < -0.39 is 18.0 Å². The average Bonchev–Trinajstić information content (AvgIpc) is 2.85. The van der Waals surface area contributed by atoms with E-state index in [-0.39, 0.29) is 12.0 Å². The zero-order valence-electron chi connectivity index (χ0n) is 17.6. The Labute approximate surface area is 166 Å². The maximum Gasteiger partial charge on any atom is 0.344 e. The number of ether oxygens (including phenoxy) is 2. The van der Waals surface area contributed by atoms with E-state index in [1.165, 1.54) is 6.92 Å².